The number of sulfonamides is 1. The minimum atomic E-state index is -3.90. The monoisotopic (exact) mass is 337 g/mol. The fourth-order valence-electron chi connectivity index (χ4n) is 1.09. The number of hydrogen-bond acceptors (Lipinski definition) is 3. The van der Waals surface area contributed by atoms with Gasteiger partial charge in [0.25, 0.3) is 0 Å². The lowest BCUT2D eigenvalue weighted by atomic mass is 10.2. The lowest BCUT2D eigenvalue weighted by molar-refractivity contribution is 0.0691. The Morgan fingerprint density at radius 2 is 2.11 bits per heavy atom. The summed E-state index contributed by atoms with van der Waals surface area (Å²) < 4.78 is 39.2. The summed E-state index contributed by atoms with van der Waals surface area (Å²) in [6.07, 6.45) is 0. The van der Waals surface area contributed by atoms with E-state index in [2.05, 4.69) is 27.2 Å². The van der Waals surface area contributed by atoms with Crippen LogP contribution in [0.15, 0.2) is 34.2 Å². The third-order valence-electron chi connectivity index (χ3n) is 1.93. The number of halogens is 2. The molecule has 0 bridgehead atoms. The lowest BCUT2D eigenvalue weighted by Crippen LogP contribution is -2.25. The molecule has 1 aromatic carbocycles. The molecule has 0 spiro atoms. The Kier molecular flexibility index (Phi) is 4.60. The van der Waals surface area contributed by atoms with Crippen LogP contribution in [0.25, 0.3) is 0 Å². The summed E-state index contributed by atoms with van der Waals surface area (Å²) in [4.78, 5) is 10.4. The zero-order valence-corrected chi connectivity index (χ0v) is 11.4. The Bertz CT molecular complexity index is 600. The van der Waals surface area contributed by atoms with Crippen LogP contribution in [-0.2, 0) is 10.0 Å². The average Bonchev–Trinajstić information content (AvgIpc) is 2.26. The molecule has 0 atom stereocenters. The molecule has 0 fully saturated rings. The Hall–Kier alpha value is -1.25. The van der Waals surface area contributed by atoms with Gasteiger partial charge < -0.3 is 5.11 Å². The molecule has 1 rings (SSSR count). The molecule has 0 aliphatic heterocycles. The van der Waals surface area contributed by atoms with Crippen molar-refractivity contribution in [1.82, 2.24) is 4.72 Å². The van der Waals surface area contributed by atoms with Gasteiger partial charge in [-0.25, -0.2) is 22.3 Å². The number of rotatable bonds is 5. The molecule has 0 heterocycles. The second-order valence-corrected chi connectivity index (χ2v) is 6.18. The molecule has 0 radical (unpaired) electrons. The highest BCUT2D eigenvalue weighted by Gasteiger charge is 2.18. The van der Waals surface area contributed by atoms with Crippen molar-refractivity contribution in [2.75, 3.05) is 6.54 Å². The predicted molar refractivity (Wildman–Crippen MR) is 66.6 cm³/mol. The van der Waals surface area contributed by atoms with Gasteiger partial charge in [-0.05, 0) is 18.2 Å². The quantitative estimate of drug-likeness (QED) is 0.856. The highest BCUT2D eigenvalue weighted by molar-refractivity contribution is 9.11. The van der Waals surface area contributed by atoms with Crippen LogP contribution in [-0.4, -0.2) is 26.0 Å². The zero-order valence-electron chi connectivity index (χ0n) is 8.98. The molecule has 0 unspecified atom stereocenters. The van der Waals surface area contributed by atoms with E-state index in [-0.39, 0.29) is 11.4 Å². The fourth-order valence-corrected chi connectivity index (χ4v) is 2.47. The van der Waals surface area contributed by atoms with Crippen LogP contribution < -0.4 is 4.72 Å². The third-order valence-corrected chi connectivity index (χ3v) is 3.61. The Balaban J connectivity index is 3.14. The lowest BCUT2D eigenvalue weighted by Gasteiger charge is -2.07. The second-order valence-electron chi connectivity index (χ2n) is 3.29. The average molecular weight is 338 g/mol. The van der Waals surface area contributed by atoms with Gasteiger partial charge in [0.05, 0.1) is 10.5 Å². The number of carboxylic acids is 1. The summed E-state index contributed by atoms with van der Waals surface area (Å²) in [7, 11) is -3.90. The Morgan fingerprint density at radius 3 is 2.61 bits per heavy atom. The summed E-state index contributed by atoms with van der Waals surface area (Å²) in [5, 5.41) is 8.70. The van der Waals surface area contributed by atoms with E-state index in [9.17, 15) is 17.6 Å². The van der Waals surface area contributed by atoms with Crippen LogP contribution >= 0.6 is 15.9 Å². The first kappa shape index (κ1) is 14.8. The van der Waals surface area contributed by atoms with Crippen molar-refractivity contribution in [2.24, 2.45) is 0 Å². The van der Waals surface area contributed by atoms with Crippen molar-refractivity contribution >= 4 is 31.9 Å². The number of benzene rings is 1. The van der Waals surface area contributed by atoms with Gasteiger partial charge in [-0.3, -0.25) is 0 Å². The standard InChI is InChI=1S/C10H9BrFNO4S/c1-6(11)5-13-18(16,17)7-2-3-9(12)8(4-7)10(14)15/h2-4,13H,1,5H2,(H,14,15). The molecule has 0 aromatic heterocycles. The third kappa shape index (κ3) is 3.62. The SMILES string of the molecule is C=C(Br)CNS(=O)(=O)c1ccc(F)c(C(=O)O)c1. The van der Waals surface area contributed by atoms with Gasteiger partial charge in [0.2, 0.25) is 10.0 Å². The van der Waals surface area contributed by atoms with Gasteiger partial charge >= 0.3 is 5.97 Å². The van der Waals surface area contributed by atoms with Gasteiger partial charge in [-0.15, -0.1) is 0 Å². The zero-order chi connectivity index (χ0) is 13.9. The molecule has 18 heavy (non-hydrogen) atoms. The summed E-state index contributed by atoms with van der Waals surface area (Å²) in [6, 6.07) is 2.54. The van der Waals surface area contributed by atoms with Crippen molar-refractivity contribution in [1.29, 1.82) is 0 Å². The van der Waals surface area contributed by atoms with Crippen LogP contribution in [0.1, 0.15) is 10.4 Å². The molecule has 2 N–H and O–H groups in total. The molecule has 0 saturated carbocycles. The second kappa shape index (κ2) is 5.59. The smallest absolute Gasteiger partial charge is 0.338 e. The summed E-state index contributed by atoms with van der Waals surface area (Å²) in [6.45, 7) is 3.39. The van der Waals surface area contributed by atoms with E-state index in [1.807, 2.05) is 0 Å². The van der Waals surface area contributed by atoms with Crippen molar-refractivity contribution in [3.63, 3.8) is 0 Å². The van der Waals surface area contributed by atoms with E-state index >= 15 is 0 Å². The van der Waals surface area contributed by atoms with Gasteiger partial charge in [-0.2, -0.15) is 0 Å². The summed E-state index contributed by atoms with van der Waals surface area (Å²) in [5.74, 6) is -2.53. The van der Waals surface area contributed by atoms with Crippen LogP contribution in [0.4, 0.5) is 4.39 Å². The molecule has 1 aromatic rings. The van der Waals surface area contributed by atoms with E-state index in [0.29, 0.717) is 4.48 Å². The molecule has 0 amide bonds. The van der Waals surface area contributed by atoms with Gasteiger partial charge in [0.1, 0.15) is 5.82 Å². The van der Waals surface area contributed by atoms with Gasteiger partial charge in [-0.1, -0.05) is 22.5 Å². The van der Waals surface area contributed by atoms with Crippen molar-refractivity contribution in [2.45, 2.75) is 4.90 Å². The molecule has 5 nitrogen and oxygen atoms in total. The number of carboxylic acid groups (broad SMARTS) is 1. The van der Waals surface area contributed by atoms with Gasteiger partial charge in [0.15, 0.2) is 0 Å². The molecular formula is C10H9BrFNO4S. The minimum absolute atomic E-state index is 0.0535. The van der Waals surface area contributed by atoms with Crippen molar-refractivity contribution < 1.29 is 22.7 Å². The first-order valence-corrected chi connectivity index (χ1v) is 6.87. The van der Waals surface area contributed by atoms with Crippen LogP contribution in [0.5, 0.6) is 0 Å². The highest BCUT2D eigenvalue weighted by atomic mass is 79.9. The van der Waals surface area contributed by atoms with Gasteiger partial charge in [0, 0.05) is 11.0 Å². The Morgan fingerprint density at radius 1 is 1.50 bits per heavy atom. The normalized spacial score (nSPS) is 11.2. The number of carbonyl (C=O) groups is 1. The largest absolute Gasteiger partial charge is 0.478 e. The van der Waals surface area contributed by atoms with Crippen LogP contribution in [0.2, 0.25) is 0 Å². The van der Waals surface area contributed by atoms with E-state index in [1.165, 1.54) is 0 Å². The summed E-state index contributed by atoms with van der Waals surface area (Å²) >= 11 is 2.97. The van der Waals surface area contributed by atoms with E-state index in [1.54, 1.807) is 0 Å². The first-order chi connectivity index (χ1) is 8.24. The van der Waals surface area contributed by atoms with Crippen molar-refractivity contribution in [3.8, 4) is 0 Å². The molecular weight excluding hydrogens is 329 g/mol. The predicted octanol–water partition coefficient (Wildman–Crippen LogP) is 1.71. The molecule has 0 saturated heterocycles. The number of nitrogens with one attached hydrogen (secondary N) is 1. The maximum absolute atomic E-state index is 13.1. The van der Waals surface area contributed by atoms with Crippen LogP contribution in [0, 0.1) is 5.82 Å². The first-order valence-electron chi connectivity index (χ1n) is 4.60. The van der Waals surface area contributed by atoms with E-state index in [0.717, 1.165) is 18.2 Å². The topological polar surface area (TPSA) is 83.5 Å². The maximum atomic E-state index is 13.1. The highest BCUT2D eigenvalue weighted by Crippen LogP contribution is 2.15. The fraction of sp³-hybridized carbons (Fsp3) is 0.100. The molecule has 98 valence electrons. The summed E-state index contributed by atoms with van der Waals surface area (Å²) in [5.41, 5.74) is -0.699. The maximum Gasteiger partial charge on any atom is 0.338 e. The minimum Gasteiger partial charge on any atom is -0.478 e. The van der Waals surface area contributed by atoms with Crippen molar-refractivity contribution in [3.05, 3.63) is 40.6 Å². The Labute approximate surface area is 112 Å². The molecule has 0 aliphatic carbocycles. The number of hydrogen-bond donors (Lipinski definition) is 2. The van der Waals surface area contributed by atoms with E-state index in [4.69, 9.17) is 5.11 Å². The number of aromatic carboxylic acids is 1. The van der Waals surface area contributed by atoms with E-state index < -0.39 is 27.4 Å². The van der Waals surface area contributed by atoms with Crippen LogP contribution in [0.3, 0.4) is 0 Å². The molecule has 0 aliphatic rings. The molecule has 8 heteroatoms.